The molecule has 8 nitrogen and oxygen atoms in total. The molecule has 0 spiro atoms. The molecule has 1 saturated heterocycles. The Kier molecular flexibility index (Phi) is 4.36. The Hall–Kier alpha value is -3.86. The minimum Gasteiger partial charge on any atom is -0.388 e. The predicted octanol–water partition coefficient (Wildman–Crippen LogP) is 2.61. The standard InChI is InChI=1S/C22H21N7O/c1-24-17-8-9-19-18(12-17)20(30)28(14-16-6-4-15(13-23)5-7-16)22-26-25-21(29(19)22)27-10-2-3-11-27/h4-9,12,24H,2-3,10-11,14H2,1H3. The van der Waals surface area contributed by atoms with Crippen LogP contribution in [0.4, 0.5) is 11.6 Å². The van der Waals surface area contributed by atoms with Gasteiger partial charge in [-0.3, -0.25) is 9.36 Å². The average Bonchev–Trinajstić information content (AvgIpc) is 3.46. The van der Waals surface area contributed by atoms with Gasteiger partial charge < -0.3 is 10.2 Å². The second-order valence-electron chi connectivity index (χ2n) is 7.51. The van der Waals surface area contributed by atoms with Crippen LogP contribution in [-0.4, -0.2) is 39.3 Å². The molecule has 30 heavy (non-hydrogen) atoms. The first kappa shape index (κ1) is 18.2. The van der Waals surface area contributed by atoms with Gasteiger partial charge in [-0.05, 0) is 48.7 Å². The summed E-state index contributed by atoms with van der Waals surface area (Å²) < 4.78 is 3.65. The Balaban J connectivity index is 1.76. The van der Waals surface area contributed by atoms with E-state index >= 15 is 0 Å². The Labute approximate surface area is 173 Å². The lowest BCUT2D eigenvalue weighted by atomic mass is 10.1. The molecular formula is C22H21N7O. The number of nitrogens with zero attached hydrogens (tertiary/aromatic N) is 6. The molecular weight excluding hydrogens is 378 g/mol. The Morgan fingerprint density at radius 2 is 1.87 bits per heavy atom. The number of hydrogen-bond acceptors (Lipinski definition) is 6. The van der Waals surface area contributed by atoms with Crippen LogP contribution in [0.3, 0.4) is 0 Å². The van der Waals surface area contributed by atoms with Gasteiger partial charge in [0.2, 0.25) is 11.7 Å². The molecule has 2 aromatic heterocycles. The molecule has 4 aromatic rings. The molecule has 150 valence electrons. The van der Waals surface area contributed by atoms with Crippen molar-refractivity contribution >= 4 is 28.3 Å². The number of fused-ring (bicyclic) bond motifs is 3. The maximum Gasteiger partial charge on any atom is 0.263 e. The van der Waals surface area contributed by atoms with E-state index in [-0.39, 0.29) is 5.56 Å². The fourth-order valence-electron chi connectivity index (χ4n) is 4.08. The van der Waals surface area contributed by atoms with Gasteiger partial charge in [-0.25, -0.2) is 4.40 Å². The lowest BCUT2D eigenvalue weighted by Gasteiger charge is -2.17. The van der Waals surface area contributed by atoms with Crippen molar-refractivity contribution in [3.8, 4) is 6.07 Å². The third-order valence-electron chi connectivity index (χ3n) is 5.68. The zero-order valence-corrected chi connectivity index (χ0v) is 16.7. The van der Waals surface area contributed by atoms with E-state index in [4.69, 9.17) is 5.26 Å². The third kappa shape index (κ3) is 2.87. The summed E-state index contributed by atoms with van der Waals surface area (Å²) in [5, 5.41) is 21.6. The molecule has 0 atom stereocenters. The van der Waals surface area contributed by atoms with Crippen LogP contribution in [0.25, 0.3) is 16.7 Å². The molecule has 0 bridgehead atoms. The highest BCUT2D eigenvalue weighted by Crippen LogP contribution is 2.25. The molecule has 1 aliphatic heterocycles. The van der Waals surface area contributed by atoms with E-state index in [2.05, 4.69) is 26.5 Å². The minimum atomic E-state index is -0.112. The number of rotatable bonds is 4. The Bertz CT molecular complexity index is 1340. The van der Waals surface area contributed by atoms with E-state index in [1.54, 1.807) is 16.7 Å². The van der Waals surface area contributed by atoms with Gasteiger partial charge in [-0.2, -0.15) is 5.26 Å². The van der Waals surface area contributed by atoms with Crippen LogP contribution in [0, 0.1) is 11.3 Å². The molecule has 2 aromatic carbocycles. The van der Waals surface area contributed by atoms with Crippen LogP contribution < -0.4 is 15.8 Å². The first-order valence-electron chi connectivity index (χ1n) is 10.0. The van der Waals surface area contributed by atoms with Gasteiger partial charge in [0.1, 0.15) is 0 Å². The van der Waals surface area contributed by atoms with E-state index in [9.17, 15) is 4.79 Å². The van der Waals surface area contributed by atoms with Crippen LogP contribution in [0.5, 0.6) is 0 Å². The lowest BCUT2D eigenvalue weighted by Crippen LogP contribution is -2.26. The fourth-order valence-corrected chi connectivity index (χ4v) is 4.08. The summed E-state index contributed by atoms with van der Waals surface area (Å²) in [7, 11) is 1.84. The SMILES string of the molecule is CNc1ccc2c(c1)c(=O)n(Cc1ccc(C#N)cc1)c1nnc(N3CCCC3)n21. The largest absolute Gasteiger partial charge is 0.388 e. The van der Waals surface area contributed by atoms with Crippen LogP contribution in [0.1, 0.15) is 24.0 Å². The van der Waals surface area contributed by atoms with Crippen molar-refractivity contribution in [3.05, 3.63) is 63.9 Å². The van der Waals surface area contributed by atoms with Gasteiger partial charge in [0.05, 0.1) is 29.1 Å². The molecule has 0 unspecified atom stereocenters. The average molecular weight is 399 g/mol. The van der Waals surface area contributed by atoms with Crippen LogP contribution >= 0.6 is 0 Å². The third-order valence-corrected chi connectivity index (χ3v) is 5.68. The molecule has 0 radical (unpaired) electrons. The van der Waals surface area contributed by atoms with E-state index in [1.165, 1.54) is 0 Å². The maximum atomic E-state index is 13.5. The summed E-state index contributed by atoms with van der Waals surface area (Å²) in [6.07, 6.45) is 2.25. The highest BCUT2D eigenvalue weighted by atomic mass is 16.1. The Morgan fingerprint density at radius 1 is 1.10 bits per heavy atom. The normalized spacial score (nSPS) is 13.8. The first-order valence-corrected chi connectivity index (χ1v) is 10.0. The van der Waals surface area contributed by atoms with Crippen molar-refractivity contribution in [3.63, 3.8) is 0 Å². The first-order chi connectivity index (χ1) is 14.7. The number of anilines is 2. The number of aromatic nitrogens is 4. The van der Waals surface area contributed by atoms with Gasteiger partial charge in [0.15, 0.2) is 0 Å². The molecule has 0 amide bonds. The maximum absolute atomic E-state index is 13.5. The van der Waals surface area contributed by atoms with Gasteiger partial charge in [0, 0.05) is 25.8 Å². The topological polar surface area (TPSA) is 91.2 Å². The van der Waals surface area contributed by atoms with E-state index < -0.39 is 0 Å². The van der Waals surface area contributed by atoms with Gasteiger partial charge in [-0.15, -0.1) is 10.2 Å². The van der Waals surface area contributed by atoms with Crippen LogP contribution in [-0.2, 0) is 6.54 Å². The van der Waals surface area contributed by atoms with Crippen molar-refractivity contribution in [1.82, 2.24) is 19.2 Å². The summed E-state index contributed by atoms with van der Waals surface area (Å²) in [5.41, 5.74) is 3.08. The molecule has 1 aliphatic rings. The van der Waals surface area contributed by atoms with E-state index in [1.807, 2.05) is 41.8 Å². The molecule has 3 heterocycles. The van der Waals surface area contributed by atoms with Crippen LogP contribution in [0.15, 0.2) is 47.3 Å². The highest BCUT2D eigenvalue weighted by Gasteiger charge is 2.22. The van der Waals surface area contributed by atoms with Crippen molar-refractivity contribution < 1.29 is 0 Å². The molecule has 8 heteroatoms. The highest BCUT2D eigenvalue weighted by molar-refractivity contribution is 5.85. The predicted molar refractivity (Wildman–Crippen MR) is 116 cm³/mol. The second kappa shape index (κ2) is 7.19. The second-order valence-corrected chi connectivity index (χ2v) is 7.51. The smallest absolute Gasteiger partial charge is 0.263 e. The van der Waals surface area contributed by atoms with Gasteiger partial charge >= 0.3 is 0 Å². The molecule has 1 N–H and O–H groups in total. The molecule has 0 saturated carbocycles. The zero-order valence-electron chi connectivity index (χ0n) is 16.7. The fraction of sp³-hybridized carbons (Fsp3) is 0.273. The number of hydrogen-bond donors (Lipinski definition) is 1. The molecule has 1 fully saturated rings. The summed E-state index contributed by atoms with van der Waals surface area (Å²) >= 11 is 0. The molecule has 5 rings (SSSR count). The zero-order chi connectivity index (χ0) is 20.7. The van der Waals surface area contributed by atoms with E-state index in [0.29, 0.717) is 23.3 Å². The van der Waals surface area contributed by atoms with Crippen molar-refractivity contribution in [2.24, 2.45) is 0 Å². The van der Waals surface area contributed by atoms with Gasteiger partial charge in [-0.1, -0.05) is 12.1 Å². The van der Waals surface area contributed by atoms with Crippen molar-refractivity contribution in [2.75, 3.05) is 30.4 Å². The van der Waals surface area contributed by atoms with Crippen molar-refractivity contribution in [1.29, 1.82) is 5.26 Å². The van der Waals surface area contributed by atoms with Crippen molar-refractivity contribution in [2.45, 2.75) is 19.4 Å². The summed E-state index contributed by atoms with van der Waals surface area (Å²) in [4.78, 5) is 15.7. The van der Waals surface area contributed by atoms with E-state index in [0.717, 1.165) is 48.6 Å². The Morgan fingerprint density at radius 3 is 2.57 bits per heavy atom. The quantitative estimate of drug-likeness (QED) is 0.567. The number of nitriles is 1. The monoisotopic (exact) mass is 399 g/mol. The van der Waals surface area contributed by atoms with Gasteiger partial charge in [0.25, 0.3) is 5.56 Å². The number of benzene rings is 2. The summed E-state index contributed by atoms with van der Waals surface area (Å²) in [6.45, 7) is 2.23. The summed E-state index contributed by atoms with van der Waals surface area (Å²) in [5.74, 6) is 1.30. The lowest BCUT2D eigenvalue weighted by molar-refractivity contribution is 0.765. The van der Waals surface area contributed by atoms with Crippen LogP contribution in [0.2, 0.25) is 0 Å². The number of nitrogens with one attached hydrogen (secondary N) is 1. The molecule has 0 aliphatic carbocycles. The summed E-state index contributed by atoms with van der Waals surface area (Å²) in [6, 6.07) is 15.2. The minimum absolute atomic E-state index is 0.112.